The fraction of sp³-hybridized carbons (Fsp3) is 0.318. The smallest absolute Gasteiger partial charge is 0.335 e. The first-order valence-electron chi connectivity index (χ1n) is 9.62. The molecule has 1 aromatic heterocycles. The summed E-state index contributed by atoms with van der Waals surface area (Å²) in [4.78, 5) is 38.6. The van der Waals surface area contributed by atoms with Crippen LogP contribution in [-0.2, 0) is 9.59 Å². The summed E-state index contributed by atoms with van der Waals surface area (Å²) in [5, 5.41) is 2.28. The summed E-state index contributed by atoms with van der Waals surface area (Å²) in [6.45, 7) is 4.07. The first-order valence-corrected chi connectivity index (χ1v) is 9.62. The topological polar surface area (TPSA) is 71.4 Å². The molecule has 4 amide bonds. The van der Waals surface area contributed by atoms with Crippen molar-refractivity contribution in [3.63, 3.8) is 0 Å². The van der Waals surface area contributed by atoms with Crippen LogP contribution < -0.4 is 10.2 Å². The summed E-state index contributed by atoms with van der Waals surface area (Å²) >= 11 is 0. The van der Waals surface area contributed by atoms with Crippen LogP contribution in [0.1, 0.15) is 48.7 Å². The molecular formula is C22H23N3O3. The molecule has 4 rings (SSSR count). The Labute approximate surface area is 163 Å². The highest BCUT2D eigenvalue weighted by molar-refractivity contribution is 6.39. The van der Waals surface area contributed by atoms with Crippen molar-refractivity contribution in [1.82, 2.24) is 9.88 Å². The zero-order valence-corrected chi connectivity index (χ0v) is 16.1. The number of benzene rings is 1. The average Bonchev–Trinajstić information content (AvgIpc) is 3.27. The van der Waals surface area contributed by atoms with E-state index in [1.165, 1.54) is 12.8 Å². The number of nitrogens with zero attached hydrogens (tertiary/aromatic N) is 2. The van der Waals surface area contributed by atoms with Crippen LogP contribution in [-0.4, -0.2) is 22.4 Å². The first-order chi connectivity index (χ1) is 13.5. The Bertz CT molecular complexity index is 982. The molecule has 2 heterocycles. The molecule has 1 N–H and O–H groups in total. The quantitative estimate of drug-likeness (QED) is 0.652. The molecule has 0 bridgehead atoms. The summed E-state index contributed by atoms with van der Waals surface area (Å²) in [7, 11) is 0. The molecule has 1 aliphatic carbocycles. The number of nitrogens with one attached hydrogen (secondary N) is 1. The molecule has 0 atom stereocenters. The minimum atomic E-state index is -0.727. The maximum absolute atomic E-state index is 13.0. The standard InChI is InChI=1S/C22H23N3O3/c1-14-12-16(15(2)24(14)17-10-6-7-11-17)13-19-20(26)23-22(28)25(21(19)27)18-8-4-3-5-9-18/h3-5,8-9,12-13,17H,6-7,10-11H2,1-2H3,(H,23,26,28)/b19-13+. The number of hydrogen-bond acceptors (Lipinski definition) is 3. The Kier molecular flexibility index (Phi) is 4.63. The third-order valence-corrected chi connectivity index (χ3v) is 5.63. The van der Waals surface area contributed by atoms with E-state index in [1.54, 1.807) is 36.4 Å². The molecule has 0 spiro atoms. The molecule has 1 saturated heterocycles. The molecule has 144 valence electrons. The highest BCUT2D eigenvalue weighted by Crippen LogP contribution is 2.34. The summed E-state index contributed by atoms with van der Waals surface area (Å²) in [6.07, 6.45) is 6.37. The summed E-state index contributed by atoms with van der Waals surface area (Å²) < 4.78 is 2.31. The van der Waals surface area contributed by atoms with Gasteiger partial charge < -0.3 is 4.57 Å². The first kappa shape index (κ1) is 18.2. The predicted octanol–water partition coefficient (Wildman–Crippen LogP) is 3.89. The number of aromatic nitrogens is 1. The van der Waals surface area contributed by atoms with Gasteiger partial charge in [0.2, 0.25) is 0 Å². The Hall–Kier alpha value is -3.15. The lowest BCUT2D eigenvalue weighted by Crippen LogP contribution is -2.54. The third-order valence-electron chi connectivity index (χ3n) is 5.63. The number of imide groups is 2. The molecule has 6 nitrogen and oxygen atoms in total. The van der Waals surface area contributed by atoms with Gasteiger partial charge in [-0.1, -0.05) is 31.0 Å². The monoisotopic (exact) mass is 377 g/mol. The van der Waals surface area contributed by atoms with Gasteiger partial charge in [-0.3, -0.25) is 14.9 Å². The van der Waals surface area contributed by atoms with Crippen LogP contribution in [0.15, 0.2) is 42.0 Å². The lowest BCUT2D eigenvalue weighted by Gasteiger charge is -2.26. The molecule has 1 saturated carbocycles. The zero-order valence-electron chi connectivity index (χ0n) is 16.1. The summed E-state index contributed by atoms with van der Waals surface area (Å²) in [6, 6.07) is 10.4. The molecule has 2 fully saturated rings. The predicted molar refractivity (Wildman–Crippen MR) is 107 cm³/mol. The summed E-state index contributed by atoms with van der Waals surface area (Å²) in [5.41, 5.74) is 3.40. The molecule has 1 aliphatic heterocycles. The molecule has 2 aliphatic rings. The third kappa shape index (κ3) is 3.05. The van der Waals surface area contributed by atoms with Gasteiger partial charge in [-0.2, -0.15) is 0 Å². The van der Waals surface area contributed by atoms with E-state index in [4.69, 9.17) is 0 Å². The Morgan fingerprint density at radius 1 is 1.04 bits per heavy atom. The van der Waals surface area contributed by atoms with Crippen molar-refractivity contribution in [2.24, 2.45) is 0 Å². The van der Waals surface area contributed by atoms with Gasteiger partial charge in [0.25, 0.3) is 11.8 Å². The Morgan fingerprint density at radius 3 is 2.39 bits per heavy atom. The number of urea groups is 1. The maximum Gasteiger partial charge on any atom is 0.335 e. The number of amides is 4. The van der Waals surface area contributed by atoms with Crippen molar-refractivity contribution in [3.05, 3.63) is 58.9 Å². The van der Waals surface area contributed by atoms with Gasteiger partial charge in [-0.05, 0) is 56.5 Å². The number of anilines is 1. The number of carbonyl (C=O) groups excluding carboxylic acids is 3. The molecule has 1 aromatic carbocycles. The number of para-hydroxylation sites is 1. The van der Waals surface area contributed by atoms with Crippen LogP contribution in [0.2, 0.25) is 0 Å². The minimum Gasteiger partial charge on any atom is -0.346 e. The van der Waals surface area contributed by atoms with Crippen molar-refractivity contribution in [2.75, 3.05) is 4.90 Å². The van der Waals surface area contributed by atoms with Crippen LogP contribution in [0, 0.1) is 13.8 Å². The molecule has 6 heteroatoms. The van der Waals surface area contributed by atoms with Gasteiger partial charge in [0.15, 0.2) is 0 Å². The average molecular weight is 377 g/mol. The van der Waals surface area contributed by atoms with E-state index in [2.05, 4.69) is 16.8 Å². The Morgan fingerprint density at radius 2 is 1.71 bits per heavy atom. The second-order valence-corrected chi connectivity index (χ2v) is 7.43. The largest absolute Gasteiger partial charge is 0.346 e. The van der Waals surface area contributed by atoms with Crippen LogP contribution in [0.3, 0.4) is 0 Å². The van der Waals surface area contributed by atoms with Crippen molar-refractivity contribution < 1.29 is 14.4 Å². The second kappa shape index (κ2) is 7.11. The Balaban J connectivity index is 1.72. The van der Waals surface area contributed by atoms with Gasteiger partial charge in [0.05, 0.1) is 5.69 Å². The van der Waals surface area contributed by atoms with Crippen molar-refractivity contribution in [2.45, 2.75) is 45.6 Å². The second-order valence-electron chi connectivity index (χ2n) is 7.43. The number of rotatable bonds is 3. The van der Waals surface area contributed by atoms with Crippen molar-refractivity contribution in [3.8, 4) is 0 Å². The lowest BCUT2D eigenvalue weighted by molar-refractivity contribution is -0.122. The van der Waals surface area contributed by atoms with E-state index in [0.29, 0.717) is 11.7 Å². The van der Waals surface area contributed by atoms with Gasteiger partial charge in [-0.15, -0.1) is 0 Å². The van der Waals surface area contributed by atoms with E-state index in [1.807, 2.05) is 13.0 Å². The molecule has 0 radical (unpaired) electrons. The van der Waals surface area contributed by atoms with E-state index in [9.17, 15) is 14.4 Å². The SMILES string of the molecule is Cc1cc(/C=C2\C(=O)NC(=O)N(c3ccccc3)C2=O)c(C)n1C1CCCC1. The number of barbiturate groups is 1. The van der Waals surface area contributed by atoms with Crippen molar-refractivity contribution in [1.29, 1.82) is 0 Å². The molecule has 28 heavy (non-hydrogen) atoms. The highest BCUT2D eigenvalue weighted by atomic mass is 16.2. The van der Waals surface area contributed by atoms with Crippen LogP contribution in [0.4, 0.5) is 10.5 Å². The molecule has 2 aromatic rings. The van der Waals surface area contributed by atoms with E-state index < -0.39 is 17.8 Å². The zero-order chi connectivity index (χ0) is 19.8. The number of hydrogen-bond donors (Lipinski definition) is 1. The van der Waals surface area contributed by atoms with Gasteiger partial charge in [-0.25, -0.2) is 9.69 Å². The van der Waals surface area contributed by atoms with Crippen LogP contribution in [0.25, 0.3) is 6.08 Å². The molecule has 0 unspecified atom stereocenters. The van der Waals surface area contributed by atoms with E-state index >= 15 is 0 Å². The number of aryl methyl sites for hydroxylation is 1. The fourth-order valence-corrected chi connectivity index (χ4v) is 4.30. The molecular weight excluding hydrogens is 354 g/mol. The maximum atomic E-state index is 13.0. The minimum absolute atomic E-state index is 0.0323. The summed E-state index contributed by atoms with van der Waals surface area (Å²) in [5.74, 6) is -1.27. The van der Waals surface area contributed by atoms with Crippen molar-refractivity contribution >= 4 is 29.6 Å². The van der Waals surface area contributed by atoms with Gasteiger partial charge >= 0.3 is 6.03 Å². The normalized spacial score (nSPS) is 19.6. The van der Waals surface area contributed by atoms with Gasteiger partial charge in [0.1, 0.15) is 5.57 Å². The van der Waals surface area contributed by atoms with E-state index in [0.717, 1.165) is 34.7 Å². The van der Waals surface area contributed by atoms with Gasteiger partial charge in [0, 0.05) is 17.4 Å². The van der Waals surface area contributed by atoms with Crippen LogP contribution >= 0.6 is 0 Å². The fourth-order valence-electron chi connectivity index (χ4n) is 4.30. The lowest BCUT2D eigenvalue weighted by atomic mass is 10.1. The number of carbonyl (C=O) groups is 3. The van der Waals surface area contributed by atoms with Crippen LogP contribution in [0.5, 0.6) is 0 Å². The van der Waals surface area contributed by atoms with E-state index in [-0.39, 0.29) is 5.57 Å². The highest BCUT2D eigenvalue weighted by Gasteiger charge is 2.37.